The number of benzene rings is 2. The summed E-state index contributed by atoms with van der Waals surface area (Å²) in [6.45, 7) is -2.79. The zero-order valence-electron chi connectivity index (χ0n) is 14.5. The van der Waals surface area contributed by atoms with E-state index in [0.717, 1.165) is 11.1 Å². The average molecular weight is 376 g/mol. The van der Waals surface area contributed by atoms with Crippen molar-refractivity contribution in [2.24, 2.45) is 5.73 Å². The number of methoxy groups -OCH3 is 1. The second-order valence-corrected chi connectivity index (χ2v) is 6.07. The number of nitrogens with two attached hydrogens (primary N) is 1. The van der Waals surface area contributed by atoms with Gasteiger partial charge in [0.15, 0.2) is 11.5 Å². The molecule has 142 valence electrons. The van der Waals surface area contributed by atoms with E-state index in [9.17, 15) is 18.4 Å². The standard InChI is InChI=1S/C19H18F2N2O4/c1-26-16-9-12(6-7-15(16)27-19(20)21)18(25)23-10-13-5-3-2-4-11(13)8-14(23)17(22)24/h2-7,9,14,19H,8,10H2,1H3,(H2,22,24). The van der Waals surface area contributed by atoms with E-state index in [4.69, 9.17) is 10.5 Å². The number of rotatable bonds is 5. The molecule has 1 aliphatic rings. The van der Waals surface area contributed by atoms with Crippen molar-refractivity contribution in [3.63, 3.8) is 0 Å². The van der Waals surface area contributed by atoms with Crippen molar-refractivity contribution in [2.45, 2.75) is 25.6 Å². The third-order valence-corrected chi connectivity index (χ3v) is 4.46. The van der Waals surface area contributed by atoms with E-state index >= 15 is 0 Å². The highest BCUT2D eigenvalue weighted by molar-refractivity contribution is 5.98. The normalized spacial score (nSPS) is 16.0. The maximum atomic E-state index is 13.0. The summed E-state index contributed by atoms with van der Waals surface area (Å²) >= 11 is 0. The fourth-order valence-corrected chi connectivity index (χ4v) is 3.15. The third-order valence-electron chi connectivity index (χ3n) is 4.46. The van der Waals surface area contributed by atoms with E-state index in [0.29, 0.717) is 6.42 Å². The molecular weight excluding hydrogens is 358 g/mol. The number of alkyl halides is 2. The van der Waals surface area contributed by atoms with Crippen molar-refractivity contribution < 1.29 is 27.8 Å². The lowest BCUT2D eigenvalue weighted by Gasteiger charge is -2.35. The molecule has 2 aromatic carbocycles. The Morgan fingerprint density at radius 2 is 1.85 bits per heavy atom. The molecule has 0 aromatic heterocycles. The predicted octanol–water partition coefficient (Wildman–Crippen LogP) is 2.35. The summed E-state index contributed by atoms with van der Waals surface area (Å²) < 4.78 is 34.3. The molecule has 0 saturated carbocycles. The molecule has 27 heavy (non-hydrogen) atoms. The second-order valence-electron chi connectivity index (χ2n) is 6.07. The van der Waals surface area contributed by atoms with E-state index in [1.807, 2.05) is 24.3 Å². The molecule has 0 aliphatic carbocycles. The zero-order valence-corrected chi connectivity index (χ0v) is 14.5. The SMILES string of the molecule is COc1cc(C(=O)N2Cc3ccccc3CC2C(N)=O)ccc1OC(F)F. The molecule has 0 bridgehead atoms. The first-order valence-electron chi connectivity index (χ1n) is 8.20. The Hall–Kier alpha value is -3.16. The van der Waals surface area contributed by atoms with Gasteiger partial charge < -0.3 is 20.1 Å². The molecule has 2 N–H and O–H groups in total. The Kier molecular flexibility index (Phi) is 5.25. The molecular formula is C19H18F2N2O4. The topological polar surface area (TPSA) is 81.9 Å². The first-order chi connectivity index (χ1) is 12.9. The molecule has 8 heteroatoms. The number of halogens is 2. The van der Waals surface area contributed by atoms with Crippen LogP contribution in [-0.4, -0.2) is 36.5 Å². The fourth-order valence-electron chi connectivity index (χ4n) is 3.15. The summed E-state index contributed by atoms with van der Waals surface area (Å²) in [7, 11) is 1.28. The maximum Gasteiger partial charge on any atom is 0.387 e. The molecule has 6 nitrogen and oxygen atoms in total. The van der Waals surface area contributed by atoms with E-state index < -0.39 is 24.5 Å². The number of amides is 2. The molecule has 1 heterocycles. The van der Waals surface area contributed by atoms with Crippen molar-refractivity contribution >= 4 is 11.8 Å². The van der Waals surface area contributed by atoms with Crippen LogP contribution < -0.4 is 15.2 Å². The van der Waals surface area contributed by atoms with Gasteiger partial charge in [0.2, 0.25) is 5.91 Å². The van der Waals surface area contributed by atoms with Crippen LogP contribution in [0.4, 0.5) is 8.78 Å². The molecule has 1 aliphatic heterocycles. The maximum absolute atomic E-state index is 13.0. The molecule has 1 unspecified atom stereocenters. The minimum absolute atomic E-state index is 0.00538. The van der Waals surface area contributed by atoms with Crippen molar-refractivity contribution in [1.82, 2.24) is 4.90 Å². The van der Waals surface area contributed by atoms with Gasteiger partial charge in [0.1, 0.15) is 6.04 Å². The van der Waals surface area contributed by atoms with Gasteiger partial charge in [-0.1, -0.05) is 24.3 Å². The number of hydrogen-bond donors (Lipinski definition) is 1. The number of nitrogens with zero attached hydrogens (tertiary/aromatic N) is 1. The number of fused-ring (bicyclic) bond motifs is 1. The molecule has 0 fully saturated rings. The van der Waals surface area contributed by atoms with Gasteiger partial charge in [-0.2, -0.15) is 8.78 Å². The average Bonchev–Trinajstić information content (AvgIpc) is 2.66. The van der Waals surface area contributed by atoms with E-state index in [2.05, 4.69) is 4.74 Å². The van der Waals surface area contributed by atoms with Crippen molar-refractivity contribution in [1.29, 1.82) is 0 Å². The largest absolute Gasteiger partial charge is 0.493 e. The smallest absolute Gasteiger partial charge is 0.387 e. The lowest BCUT2D eigenvalue weighted by Crippen LogP contribution is -2.51. The molecule has 0 radical (unpaired) electrons. The number of primary amides is 1. The minimum atomic E-state index is -3.02. The van der Waals surface area contributed by atoms with Crippen LogP contribution in [0.5, 0.6) is 11.5 Å². The van der Waals surface area contributed by atoms with Crippen LogP contribution in [-0.2, 0) is 17.8 Å². The Bertz CT molecular complexity index is 873. The summed E-state index contributed by atoms with van der Waals surface area (Å²) in [6.07, 6.45) is 0.320. The Morgan fingerprint density at radius 1 is 1.15 bits per heavy atom. The highest BCUT2D eigenvalue weighted by Crippen LogP contribution is 2.31. The van der Waals surface area contributed by atoms with Gasteiger partial charge >= 0.3 is 6.61 Å². The van der Waals surface area contributed by atoms with Crippen molar-refractivity contribution in [3.05, 3.63) is 59.2 Å². The number of carbonyl (C=O) groups excluding carboxylic acids is 2. The van der Waals surface area contributed by atoms with Crippen LogP contribution in [0.15, 0.2) is 42.5 Å². The van der Waals surface area contributed by atoms with Gasteiger partial charge in [0, 0.05) is 18.5 Å². The van der Waals surface area contributed by atoms with Gasteiger partial charge in [0.05, 0.1) is 7.11 Å². The quantitative estimate of drug-likeness (QED) is 0.869. The van der Waals surface area contributed by atoms with Crippen LogP contribution in [0.3, 0.4) is 0 Å². The van der Waals surface area contributed by atoms with Crippen molar-refractivity contribution in [3.8, 4) is 11.5 Å². The van der Waals surface area contributed by atoms with Crippen LogP contribution in [0.1, 0.15) is 21.5 Å². The van der Waals surface area contributed by atoms with Gasteiger partial charge in [0.25, 0.3) is 5.91 Å². The Balaban J connectivity index is 1.93. The minimum Gasteiger partial charge on any atom is -0.493 e. The third kappa shape index (κ3) is 3.84. The number of ether oxygens (including phenoxy) is 2. The summed E-state index contributed by atoms with van der Waals surface area (Å²) in [6, 6.07) is 10.6. The van der Waals surface area contributed by atoms with Crippen LogP contribution >= 0.6 is 0 Å². The van der Waals surface area contributed by atoms with Gasteiger partial charge in [-0.05, 0) is 29.3 Å². The molecule has 2 aromatic rings. The summed E-state index contributed by atoms with van der Waals surface area (Å²) in [5, 5.41) is 0. The van der Waals surface area contributed by atoms with Crippen LogP contribution in [0.2, 0.25) is 0 Å². The number of carbonyl (C=O) groups is 2. The van der Waals surface area contributed by atoms with Crippen LogP contribution in [0, 0.1) is 0 Å². The summed E-state index contributed by atoms with van der Waals surface area (Å²) in [4.78, 5) is 26.3. The highest BCUT2D eigenvalue weighted by atomic mass is 19.3. The Morgan fingerprint density at radius 3 is 2.48 bits per heavy atom. The second kappa shape index (κ2) is 7.61. The van der Waals surface area contributed by atoms with E-state index in [-0.39, 0.29) is 23.6 Å². The van der Waals surface area contributed by atoms with E-state index in [1.54, 1.807) is 0 Å². The zero-order chi connectivity index (χ0) is 19.6. The van der Waals surface area contributed by atoms with Gasteiger partial charge in [-0.25, -0.2) is 0 Å². The molecule has 0 saturated heterocycles. The summed E-state index contributed by atoms with van der Waals surface area (Å²) in [5.41, 5.74) is 7.57. The van der Waals surface area contributed by atoms with E-state index in [1.165, 1.54) is 30.2 Å². The molecule has 1 atom stereocenters. The molecule has 0 spiro atoms. The molecule has 3 rings (SSSR count). The fraction of sp³-hybridized carbons (Fsp3) is 0.263. The number of hydrogen-bond acceptors (Lipinski definition) is 4. The molecule has 2 amide bonds. The van der Waals surface area contributed by atoms with Crippen LogP contribution in [0.25, 0.3) is 0 Å². The van der Waals surface area contributed by atoms with Crippen molar-refractivity contribution in [2.75, 3.05) is 7.11 Å². The first kappa shape index (κ1) is 18.6. The Labute approximate surface area is 154 Å². The van der Waals surface area contributed by atoms with Gasteiger partial charge in [-0.15, -0.1) is 0 Å². The summed E-state index contributed by atoms with van der Waals surface area (Å²) in [5.74, 6) is -1.24. The lowest BCUT2D eigenvalue weighted by molar-refractivity contribution is -0.122. The lowest BCUT2D eigenvalue weighted by atomic mass is 9.93. The van der Waals surface area contributed by atoms with Gasteiger partial charge in [-0.3, -0.25) is 9.59 Å². The first-order valence-corrected chi connectivity index (χ1v) is 8.20. The predicted molar refractivity (Wildman–Crippen MR) is 92.6 cm³/mol. The monoisotopic (exact) mass is 376 g/mol. The highest BCUT2D eigenvalue weighted by Gasteiger charge is 2.34.